The zero-order valence-electron chi connectivity index (χ0n) is 23.8. The zero-order valence-corrected chi connectivity index (χ0v) is 23.8. The number of piperidine rings is 1. The number of anilines is 1. The maximum atomic E-state index is 13.7. The summed E-state index contributed by atoms with van der Waals surface area (Å²) in [6.45, 7) is 1.60. The number of carbonyl (C=O) groups is 1. The number of ether oxygens (including phenoxy) is 1. The molecule has 1 aromatic carbocycles. The van der Waals surface area contributed by atoms with Gasteiger partial charge in [-0.15, -0.1) is 0 Å². The first-order valence-electron chi connectivity index (χ1n) is 14.7. The third-order valence-corrected chi connectivity index (χ3v) is 9.51. The Labute approximate surface area is 243 Å². The number of fused-ring (bicyclic) bond motifs is 4. The number of pyridine rings is 2. The van der Waals surface area contributed by atoms with Crippen molar-refractivity contribution >= 4 is 33.8 Å². The smallest absolute Gasteiger partial charge is 0.254 e. The number of hydrogen-bond acceptors (Lipinski definition) is 7. The molecule has 42 heavy (non-hydrogen) atoms. The number of hydrogen-bond donors (Lipinski definition) is 2. The summed E-state index contributed by atoms with van der Waals surface area (Å²) in [5.74, 6) is 2.94. The van der Waals surface area contributed by atoms with Crippen molar-refractivity contribution in [1.82, 2.24) is 29.0 Å². The number of methoxy groups -OCH3 is 1. The van der Waals surface area contributed by atoms with E-state index in [-0.39, 0.29) is 18.0 Å². The van der Waals surface area contributed by atoms with Gasteiger partial charge in [0.05, 0.1) is 24.0 Å². The highest BCUT2D eigenvalue weighted by Gasteiger charge is 2.47. The second-order valence-electron chi connectivity index (χ2n) is 12.1. The fraction of sp³-hybridized carbons (Fsp3) is 0.375. The molecule has 5 aromatic rings. The van der Waals surface area contributed by atoms with E-state index in [4.69, 9.17) is 26.2 Å². The molecule has 0 spiro atoms. The molecule has 5 heterocycles. The average molecular weight is 563 g/mol. The fourth-order valence-corrected chi connectivity index (χ4v) is 7.04. The molecule has 1 saturated heterocycles. The van der Waals surface area contributed by atoms with Gasteiger partial charge in [-0.2, -0.15) is 0 Å². The Morgan fingerprint density at radius 2 is 1.93 bits per heavy atom. The van der Waals surface area contributed by atoms with Crippen molar-refractivity contribution < 1.29 is 9.53 Å². The standard InChI is InChI=1S/C32H34N8O2/c1-38-29-23(11-21(13-26(29)42-2)32(41)40-16-20-6-9-24(40)28(20)34)37-31(38)25-12-18-5-8-22(19-7-10-27(33)35-14-19)36-30(18)39(25)15-17-3-4-17/h5,7-8,10-14,17,20,24,28H,3-4,6,9,15-16,34H2,1-2H3,(H2,33,35)/t20-,24-,28-/m1/s1. The highest BCUT2D eigenvalue weighted by Crippen LogP contribution is 2.40. The molecule has 3 fully saturated rings. The molecule has 4 N–H and O–H groups in total. The fourth-order valence-electron chi connectivity index (χ4n) is 7.04. The molecule has 10 nitrogen and oxygen atoms in total. The quantitative estimate of drug-likeness (QED) is 0.317. The predicted octanol–water partition coefficient (Wildman–Crippen LogP) is 4.21. The monoisotopic (exact) mass is 562 g/mol. The van der Waals surface area contributed by atoms with Crippen LogP contribution in [0.2, 0.25) is 0 Å². The van der Waals surface area contributed by atoms with Gasteiger partial charge in [0.2, 0.25) is 0 Å². The van der Waals surface area contributed by atoms with Gasteiger partial charge in [0, 0.05) is 54.9 Å². The van der Waals surface area contributed by atoms with Gasteiger partial charge in [-0.3, -0.25) is 4.79 Å². The molecule has 214 valence electrons. The molecule has 2 bridgehead atoms. The van der Waals surface area contributed by atoms with Crippen molar-refractivity contribution in [2.75, 3.05) is 19.4 Å². The minimum Gasteiger partial charge on any atom is -0.494 e. The van der Waals surface area contributed by atoms with Crippen molar-refractivity contribution in [1.29, 1.82) is 0 Å². The average Bonchev–Trinajstić information content (AvgIpc) is 3.41. The minimum absolute atomic E-state index is 0.00166. The molecular formula is C32H34N8O2. The molecule has 0 unspecified atom stereocenters. The summed E-state index contributed by atoms with van der Waals surface area (Å²) in [6.07, 6.45) is 6.26. The lowest BCUT2D eigenvalue weighted by Crippen LogP contribution is -2.41. The van der Waals surface area contributed by atoms with Crippen LogP contribution in [0.25, 0.3) is 44.8 Å². The molecule has 1 aliphatic heterocycles. The second kappa shape index (κ2) is 9.29. The molecule has 3 atom stereocenters. The van der Waals surface area contributed by atoms with Crippen LogP contribution in [0.4, 0.5) is 5.82 Å². The number of amides is 1. The summed E-state index contributed by atoms with van der Waals surface area (Å²) in [6, 6.07) is 14.0. The van der Waals surface area contributed by atoms with Gasteiger partial charge in [0.15, 0.2) is 5.82 Å². The highest BCUT2D eigenvalue weighted by atomic mass is 16.5. The van der Waals surface area contributed by atoms with Gasteiger partial charge >= 0.3 is 0 Å². The number of nitrogens with two attached hydrogens (primary N) is 2. The number of benzene rings is 1. The summed E-state index contributed by atoms with van der Waals surface area (Å²) in [5, 5.41) is 1.05. The van der Waals surface area contributed by atoms with E-state index in [1.807, 2.05) is 36.2 Å². The Morgan fingerprint density at radius 3 is 2.62 bits per heavy atom. The van der Waals surface area contributed by atoms with Gasteiger partial charge < -0.3 is 30.2 Å². The first kappa shape index (κ1) is 25.3. The maximum Gasteiger partial charge on any atom is 0.254 e. The number of rotatable bonds is 6. The molecule has 4 aromatic heterocycles. The normalized spacial score (nSPS) is 21.6. The summed E-state index contributed by atoms with van der Waals surface area (Å²) in [5.41, 5.74) is 18.1. The Hall–Kier alpha value is -4.44. The maximum absolute atomic E-state index is 13.7. The van der Waals surface area contributed by atoms with Crippen LogP contribution in [0.5, 0.6) is 5.75 Å². The van der Waals surface area contributed by atoms with Crippen LogP contribution in [0.3, 0.4) is 0 Å². The SMILES string of the molecule is COc1cc(C(=O)N2C[C@H]3CC[C@@H]2[C@@H]3N)cc2nc(-c3cc4ccc(-c5ccc(N)nc5)nc4n3CC3CC3)n(C)c12. The summed E-state index contributed by atoms with van der Waals surface area (Å²) in [4.78, 5) is 30.1. The molecule has 2 saturated carbocycles. The van der Waals surface area contributed by atoms with E-state index in [9.17, 15) is 4.79 Å². The summed E-state index contributed by atoms with van der Waals surface area (Å²) < 4.78 is 10.2. The van der Waals surface area contributed by atoms with Crippen LogP contribution in [0.1, 0.15) is 36.0 Å². The van der Waals surface area contributed by atoms with E-state index in [2.05, 4.69) is 26.3 Å². The van der Waals surface area contributed by atoms with Crippen molar-refractivity contribution in [2.24, 2.45) is 24.6 Å². The van der Waals surface area contributed by atoms with Gasteiger partial charge in [-0.1, -0.05) is 0 Å². The molecular weight excluding hydrogens is 528 g/mol. The third-order valence-electron chi connectivity index (χ3n) is 9.51. The van der Waals surface area contributed by atoms with Crippen LogP contribution in [-0.2, 0) is 13.6 Å². The lowest BCUT2D eigenvalue weighted by Gasteiger charge is -2.27. The summed E-state index contributed by atoms with van der Waals surface area (Å²) in [7, 11) is 3.65. The van der Waals surface area contributed by atoms with Crippen LogP contribution in [-0.4, -0.2) is 60.6 Å². The van der Waals surface area contributed by atoms with Crippen LogP contribution in [0.15, 0.2) is 48.7 Å². The topological polar surface area (TPSA) is 130 Å². The number of aromatic nitrogens is 5. The lowest BCUT2D eigenvalue weighted by molar-refractivity contribution is 0.0700. The van der Waals surface area contributed by atoms with E-state index in [0.29, 0.717) is 29.0 Å². The number of carbonyl (C=O) groups excluding carboxylic acids is 1. The number of nitrogen functional groups attached to an aromatic ring is 1. The number of nitrogens with zero attached hydrogens (tertiary/aromatic N) is 6. The Bertz CT molecular complexity index is 1870. The number of aryl methyl sites for hydroxylation is 1. The first-order valence-corrected chi connectivity index (χ1v) is 14.7. The van der Waals surface area contributed by atoms with Crippen molar-refractivity contribution in [3.63, 3.8) is 0 Å². The second-order valence-corrected chi connectivity index (χ2v) is 12.1. The largest absolute Gasteiger partial charge is 0.494 e. The van der Waals surface area contributed by atoms with E-state index in [1.54, 1.807) is 19.4 Å². The zero-order chi connectivity index (χ0) is 28.7. The van der Waals surface area contributed by atoms with Crippen molar-refractivity contribution in [3.05, 3.63) is 54.2 Å². The van der Waals surface area contributed by atoms with Crippen LogP contribution in [0, 0.1) is 11.8 Å². The Morgan fingerprint density at radius 1 is 1.07 bits per heavy atom. The van der Waals surface area contributed by atoms with Gasteiger partial charge in [0.1, 0.15) is 22.7 Å². The first-order chi connectivity index (χ1) is 20.4. The van der Waals surface area contributed by atoms with E-state index < -0.39 is 0 Å². The predicted molar refractivity (Wildman–Crippen MR) is 162 cm³/mol. The van der Waals surface area contributed by atoms with Crippen molar-refractivity contribution in [2.45, 2.75) is 44.3 Å². The van der Waals surface area contributed by atoms with Gasteiger partial charge in [-0.25, -0.2) is 15.0 Å². The Kier molecular flexibility index (Phi) is 5.59. The third kappa shape index (κ3) is 3.88. The van der Waals surface area contributed by atoms with E-state index >= 15 is 0 Å². The molecule has 0 radical (unpaired) electrons. The van der Waals surface area contributed by atoms with E-state index in [1.165, 1.54) is 12.8 Å². The van der Waals surface area contributed by atoms with Crippen LogP contribution < -0.4 is 16.2 Å². The minimum atomic E-state index is 0.00166. The molecule has 2 aliphatic carbocycles. The van der Waals surface area contributed by atoms with Crippen molar-refractivity contribution in [3.8, 4) is 28.5 Å². The Balaban J connectivity index is 1.24. The van der Waals surface area contributed by atoms with Gasteiger partial charge in [0.25, 0.3) is 5.91 Å². The summed E-state index contributed by atoms with van der Waals surface area (Å²) >= 11 is 0. The molecule has 1 amide bonds. The number of likely N-dealkylation sites (tertiary alicyclic amines) is 1. The highest BCUT2D eigenvalue weighted by molar-refractivity contribution is 6.00. The molecule has 8 rings (SSSR count). The molecule has 10 heteroatoms. The number of imidazole rings is 1. The van der Waals surface area contributed by atoms with Gasteiger partial charge in [-0.05, 0) is 80.0 Å². The lowest BCUT2D eigenvalue weighted by atomic mass is 10.1. The van der Waals surface area contributed by atoms with Crippen LogP contribution >= 0.6 is 0 Å². The molecule has 3 aliphatic rings. The van der Waals surface area contributed by atoms with E-state index in [0.717, 1.165) is 70.8 Å².